The van der Waals surface area contributed by atoms with Gasteiger partial charge in [-0.25, -0.2) is 9.65 Å². The number of hydrogen-bond acceptors (Lipinski definition) is 5. The number of carbonyl (C=O) groups excluding carboxylic acids is 1. The van der Waals surface area contributed by atoms with Crippen molar-refractivity contribution < 1.29 is 23.1 Å². The summed E-state index contributed by atoms with van der Waals surface area (Å²) in [5.41, 5.74) is 0. The lowest BCUT2D eigenvalue weighted by Crippen LogP contribution is -2.26. The molecule has 6 nitrogen and oxygen atoms in total. The van der Waals surface area contributed by atoms with E-state index < -0.39 is 13.7 Å². The molecule has 1 rings (SSSR count). The van der Waals surface area contributed by atoms with Crippen LogP contribution >= 0.6 is 7.75 Å². The molecule has 0 aromatic heterocycles. The first-order valence-corrected chi connectivity index (χ1v) is 6.00. The van der Waals surface area contributed by atoms with Gasteiger partial charge >= 0.3 is 13.7 Å². The molecule has 1 fully saturated rings. The van der Waals surface area contributed by atoms with Crippen LogP contribution in [-0.4, -0.2) is 32.3 Å². The third-order valence-electron chi connectivity index (χ3n) is 1.53. The molecule has 0 spiro atoms. The maximum Gasteiger partial charge on any atom is 0.406 e. The Bertz CT molecular complexity index is 234. The summed E-state index contributed by atoms with van der Waals surface area (Å²) in [4.78, 5) is 10.9. The van der Waals surface area contributed by atoms with E-state index in [9.17, 15) is 9.36 Å². The molecule has 0 aromatic carbocycles. The van der Waals surface area contributed by atoms with Gasteiger partial charge in [-0.1, -0.05) is 0 Å². The van der Waals surface area contributed by atoms with Gasteiger partial charge in [-0.05, 0) is 13.3 Å². The Morgan fingerprint density at radius 3 is 2.71 bits per heavy atom. The normalized spacial score (nSPS) is 20.4. The molecule has 0 aliphatic carbocycles. The van der Waals surface area contributed by atoms with Crippen molar-refractivity contribution in [2.24, 2.45) is 0 Å². The van der Waals surface area contributed by atoms with Crippen LogP contribution < -0.4 is 5.09 Å². The summed E-state index contributed by atoms with van der Waals surface area (Å²) in [6.07, 6.45) is 0.713. The maximum absolute atomic E-state index is 11.6. The Morgan fingerprint density at radius 1 is 1.50 bits per heavy atom. The summed E-state index contributed by atoms with van der Waals surface area (Å²) in [5, 5.41) is 2.42. The zero-order chi connectivity index (χ0) is 10.4. The topological polar surface area (TPSA) is 73.9 Å². The largest absolute Gasteiger partial charge is 0.465 e. The van der Waals surface area contributed by atoms with Crippen LogP contribution in [0.15, 0.2) is 0 Å². The van der Waals surface area contributed by atoms with Gasteiger partial charge in [0, 0.05) is 0 Å². The summed E-state index contributed by atoms with van der Waals surface area (Å²) in [6, 6.07) is 0. The van der Waals surface area contributed by atoms with E-state index >= 15 is 0 Å². The van der Waals surface area contributed by atoms with Crippen LogP contribution in [0.3, 0.4) is 0 Å². The molecule has 14 heavy (non-hydrogen) atoms. The monoisotopic (exact) mass is 223 g/mol. The van der Waals surface area contributed by atoms with Gasteiger partial charge in [-0.15, -0.1) is 0 Å². The van der Waals surface area contributed by atoms with E-state index in [0.29, 0.717) is 26.2 Å². The molecule has 0 atom stereocenters. The van der Waals surface area contributed by atoms with Gasteiger partial charge in [0.05, 0.1) is 19.8 Å². The van der Waals surface area contributed by atoms with Gasteiger partial charge in [-0.2, -0.15) is 0 Å². The van der Waals surface area contributed by atoms with Crippen LogP contribution in [0, 0.1) is 0 Å². The highest BCUT2D eigenvalue weighted by atomic mass is 31.2. The minimum atomic E-state index is -3.24. The number of carbonyl (C=O) groups is 1. The smallest absolute Gasteiger partial charge is 0.406 e. The van der Waals surface area contributed by atoms with Crippen molar-refractivity contribution in [2.75, 3.05) is 26.4 Å². The quantitative estimate of drug-likeness (QED) is 0.558. The van der Waals surface area contributed by atoms with Gasteiger partial charge < -0.3 is 4.74 Å². The fourth-order valence-corrected chi connectivity index (χ4v) is 2.25. The Hall–Kier alpha value is -0.420. The summed E-state index contributed by atoms with van der Waals surface area (Å²) >= 11 is 0. The zero-order valence-corrected chi connectivity index (χ0v) is 8.92. The second-order valence-electron chi connectivity index (χ2n) is 2.66. The molecule has 7 heteroatoms. The van der Waals surface area contributed by atoms with Crippen molar-refractivity contribution in [1.29, 1.82) is 0 Å². The highest BCUT2D eigenvalue weighted by molar-refractivity contribution is 7.51. The van der Waals surface area contributed by atoms with E-state index in [1.54, 1.807) is 6.92 Å². The molecule has 0 saturated carbocycles. The lowest BCUT2D eigenvalue weighted by atomic mass is 10.5. The van der Waals surface area contributed by atoms with Crippen LogP contribution in [0.4, 0.5) is 0 Å². The summed E-state index contributed by atoms with van der Waals surface area (Å²) in [5.74, 6) is -0.472. The molecule has 0 bridgehead atoms. The van der Waals surface area contributed by atoms with Crippen molar-refractivity contribution in [2.45, 2.75) is 13.3 Å². The Labute approximate surface area is 82.5 Å². The SMILES string of the molecule is CCOC(=O)CNP1(=O)OCCCO1. The number of esters is 1. The number of ether oxygens (including phenoxy) is 1. The maximum atomic E-state index is 11.6. The fraction of sp³-hybridized carbons (Fsp3) is 0.857. The van der Waals surface area contributed by atoms with Crippen molar-refractivity contribution in [3.05, 3.63) is 0 Å². The highest BCUT2D eigenvalue weighted by Crippen LogP contribution is 2.45. The molecule has 1 aliphatic rings. The first kappa shape index (κ1) is 11.7. The van der Waals surface area contributed by atoms with E-state index in [0.717, 1.165) is 0 Å². The number of hydrogen-bond donors (Lipinski definition) is 1. The van der Waals surface area contributed by atoms with E-state index in [4.69, 9.17) is 9.05 Å². The van der Waals surface area contributed by atoms with Gasteiger partial charge in [0.15, 0.2) is 0 Å². The Balaban J connectivity index is 2.28. The van der Waals surface area contributed by atoms with Crippen LogP contribution in [0.1, 0.15) is 13.3 Å². The van der Waals surface area contributed by atoms with E-state index in [1.807, 2.05) is 0 Å². The van der Waals surface area contributed by atoms with Gasteiger partial charge in [-0.3, -0.25) is 13.8 Å². The van der Waals surface area contributed by atoms with Crippen molar-refractivity contribution in [1.82, 2.24) is 5.09 Å². The average Bonchev–Trinajstić information content (AvgIpc) is 2.17. The van der Waals surface area contributed by atoms with E-state index in [1.165, 1.54) is 0 Å². The van der Waals surface area contributed by atoms with Gasteiger partial charge in [0.1, 0.15) is 6.54 Å². The molecule has 1 N–H and O–H groups in total. The molecule has 0 unspecified atom stereocenters. The zero-order valence-electron chi connectivity index (χ0n) is 8.02. The number of nitrogens with one attached hydrogen (secondary N) is 1. The molecule has 1 heterocycles. The van der Waals surface area contributed by atoms with Crippen LogP contribution in [0.25, 0.3) is 0 Å². The summed E-state index contributed by atoms with van der Waals surface area (Å²) in [6.45, 7) is 2.60. The van der Waals surface area contributed by atoms with Crippen molar-refractivity contribution >= 4 is 13.7 Å². The third kappa shape index (κ3) is 3.75. The van der Waals surface area contributed by atoms with Crippen LogP contribution in [0.5, 0.6) is 0 Å². The molecule has 0 amide bonds. The first-order valence-electron chi connectivity index (χ1n) is 4.46. The van der Waals surface area contributed by atoms with Crippen LogP contribution in [-0.2, 0) is 23.1 Å². The van der Waals surface area contributed by atoms with Gasteiger partial charge in [0.2, 0.25) is 0 Å². The van der Waals surface area contributed by atoms with Crippen LogP contribution in [0.2, 0.25) is 0 Å². The molecular formula is C7H14NO5P. The Kier molecular flexibility index (Phi) is 4.54. The van der Waals surface area contributed by atoms with Crippen molar-refractivity contribution in [3.8, 4) is 0 Å². The summed E-state index contributed by atoms with van der Waals surface area (Å²) in [7, 11) is -3.24. The van der Waals surface area contributed by atoms with E-state index in [-0.39, 0.29) is 6.54 Å². The predicted octanol–water partition coefficient (Wildman–Crippen LogP) is 0.684. The summed E-state index contributed by atoms with van der Waals surface area (Å²) < 4.78 is 26.0. The van der Waals surface area contributed by atoms with Gasteiger partial charge in [0.25, 0.3) is 0 Å². The average molecular weight is 223 g/mol. The minimum Gasteiger partial charge on any atom is -0.465 e. The molecule has 0 aromatic rings. The Morgan fingerprint density at radius 2 is 2.14 bits per heavy atom. The molecule has 82 valence electrons. The molecular weight excluding hydrogens is 209 g/mol. The fourth-order valence-electron chi connectivity index (χ4n) is 0.930. The second-order valence-corrected chi connectivity index (χ2v) is 4.48. The lowest BCUT2D eigenvalue weighted by Gasteiger charge is -2.22. The first-order chi connectivity index (χ1) is 6.66. The predicted molar refractivity (Wildman–Crippen MR) is 48.8 cm³/mol. The van der Waals surface area contributed by atoms with Crippen molar-refractivity contribution in [3.63, 3.8) is 0 Å². The lowest BCUT2D eigenvalue weighted by molar-refractivity contribution is -0.141. The van der Waals surface area contributed by atoms with E-state index in [2.05, 4.69) is 9.82 Å². The highest BCUT2D eigenvalue weighted by Gasteiger charge is 2.28. The minimum absolute atomic E-state index is 0.162. The molecule has 1 aliphatic heterocycles. The third-order valence-corrected chi connectivity index (χ3v) is 3.12. The number of rotatable bonds is 4. The second kappa shape index (κ2) is 5.46. The molecule has 0 radical (unpaired) electrons. The molecule has 1 saturated heterocycles. The standard InChI is InChI=1S/C7H14NO5P/c1-2-11-7(9)6-8-14(10)12-4-3-5-13-14/h2-6H2,1H3,(H,8,10).